The summed E-state index contributed by atoms with van der Waals surface area (Å²) in [7, 11) is 0. The van der Waals surface area contributed by atoms with Gasteiger partial charge in [0.2, 0.25) is 0 Å². The predicted octanol–water partition coefficient (Wildman–Crippen LogP) is 2.14. The molecule has 2 aromatic heterocycles. The average Bonchev–Trinajstić information content (AvgIpc) is 2.47. The molecular formula is C10H9NO. The van der Waals surface area contributed by atoms with E-state index in [1.807, 2.05) is 41.1 Å². The van der Waals surface area contributed by atoms with Crippen molar-refractivity contribution in [2.75, 3.05) is 0 Å². The Morgan fingerprint density at radius 3 is 2.83 bits per heavy atom. The maximum Gasteiger partial charge on any atom is 0.161 e. The van der Waals surface area contributed by atoms with Gasteiger partial charge in [0.05, 0.1) is 5.52 Å². The average molecular weight is 159 g/mol. The molecule has 2 heteroatoms. The second kappa shape index (κ2) is 2.48. The molecule has 0 saturated heterocycles. The lowest BCUT2D eigenvalue weighted by atomic mass is 10.2. The molecule has 0 aliphatic rings. The Labute approximate surface area is 70.4 Å². The van der Waals surface area contributed by atoms with Gasteiger partial charge in [-0.05, 0) is 25.1 Å². The van der Waals surface area contributed by atoms with Gasteiger partial charge < -0.3 is 4.40 Å². The lowest BCUT2D eigenvalue weighted by Crippen LogP contribution is -1.90. The first-order valence-corrected chi connectivity index (χ1v) is 3.85. The van der Waals surface area contributed by atoms with Crippen LogP contribution in [0, 0.1) is 0 Å². The molecule has 0 saturated carbocycles. The molecular weight excluding hydrogens is 150 g/mol. The van der Waals surface area contributed by atoms with E-state index in [1.165, 1.54) is 0 Å². The Bertz CT molecular complexity index is 428. The van der Waals surface area contributed by atoms with Crippen molar-refractivity contribution in [3.63, 3.8) is 0 Å². The van der Waals surface area contributed by atoms with Crippen LogP contribution in [0.4, 0.5) is 0 Å². The second-order valence-corrected chi connectivity index (χ2v) is 2.78. The Morgan fingerprint density at radius 2 is 2.08 bits per heavy atom. The van der Waals surface area contributed by atoms with E-state index in [-0.39, 0.29) is 5.78 Å². The molecule has 0 aliphatic carbocycles. The van der Waals surface area contributed by atoms with Crippen LogP contribution >= 0.6 is 0 Å². The Hall–Kier alpha value is -1.57. The van der Waals surface area contributed by atoms with Gasteiger partial charge >= 0.3 is 0 Å². The van der Waals surface area contributed by atoms with Crippen LogP contribution < -0.4 is 0 Å². The maximum atomic E-state index is 11.1. The topological polar surface area (TPSA) is 21.5 Å². The third kappa shape index (κ3) is 0.925. The van der Waals surface area contributed by atoms with Crippen molar-refractivity contribution in [3.05, 3.63) is 42.2 Å². The lowest BCUT2D eigenvalue weighted by molar-refractivity contribution is 0.101. The number of nitrogens with zero attached hydrogens (tertiary/aromatic N) is 1. The summed E-state index contributed by atoms with van der Waals surface area (Å²) in [6.45, 7) is 1.59. The Morgan fingerprint density at radius 1 is 1.25 bits per heavy atom. The third-order valence-corrected chi connectivity index (χ3v) is 1.95. The zero-order valence-corrected chi connectivity index (χ0v) is 6.82. The van der Waals surface area contributed by atoms with Gasteiger partial charge in [-0.2, -0.15) is 0 Å². The number of hydrogen-bond acceptors (Lipinski definition) is 1. The molecule has 2 heterocycles. The van der Waals surface area contributed by atoms with Gasteiger partial charge in [0, 0.05) is 18.0 Å². The summed E-state index contributed by atoms with van der Waals surface area (Å²) in [6.07, 6.45) is 3.83. The summed E-state index contributed by atoms with van der Waals surface area (Å²) in [4.78, 5) is 11.1. The van der Waals surface area contributed by atoms with E-state index in [9.17, 15) is 4.79 Å². The van der Waals surface area contributed by atoms with Gasteiger partial charge in [0.15, 0.2) is 5.78 Å². The van der Waals surface area contributed by atoms with Gasteiger partial charge in [0.25, 0.3) is 0 Å². The molecule has 0 amide bonds. The van der Waals surface area contributed by atoms with Gasteiger partial charge in [-0.1, -0.05) is 6.07 Å². The summed E-state index contributed by atoms with van der Waals surface area (Å²) in [6, 6.07) is 7.66. The van der Waals surface area contributed by atoms with Crippen molar-refractivity contribution >= 4 is 11.3 Å². The van der Waals surface area contributed by atoms with E-state index in [2.05, 4.69) is 0 Å². The monoisotopic (exact) mass is 159 g/mol. The molecule has 0 bridgehead atoms. The molecule has 0 atom stereocenters. The van der Waals surface area contributed by atoms with Crippen molar-refractivity contribution < 1.29 is 4.79 Å². The summed E-state index contributed by atoms with van der Waals surface area (Å²) in [5.74, 6) is 0.115. The maximum absolute atomic E-state index is 11.1. The fourth-order valence-corrected chi connectivity index (χ4v) is 1.35. The van der Waals surface area contributed by atoms with Crippen LogP contribution in [0.2, 0.25) is 0 Å². The molecule has 0 aromatic carbocycles. The van der Waals surface area contributed by atoms with Gasteiger partial charge in [-0.3, -0.25) is 4.79 Å². The van der Waals surface area contributed by atoms with E-state index < -0.39 is 0 Å². The zero-order valence-electron chi connectivity index (χ0n) is 6.82. The molecule has 0 spiro atoms. The number of Topliss-reactive ketones (excluding diaryl/α,β-unsaturated/α-hetero) is 1. The van der Waals surface area contributed by atoms with E-state index in [0.29, 0.717) is 0 Å². The molecule has 0 aliphatic heterocycles. The SMILES string of the molecule is CC(=O)c1ccn2ccccc12. The Balaban J connectivity index is 2.79. The number of carbonyl (C=O) groups excluding carboxylic acids is 1. The minimum absolute atomic E-state index is 0.115. The van der Waals surface area contributed by atoms with Crippen LogP contribution in [0.3, 0.4) is 0 Å². The van der Waals surface area contributed by atoms with Gasteiger partial charge in [-0.25, -0.2) is 0 Å². The number of ketones is 1. The van der Waals surface area contributed by atoms with Crippen molar-refractivity contribution in [3.8, 4) is 0 Å². The second-order valence-electron chi connectivity index (χ2n) is 2.78. The van der Waals surface area contributed by atoms with Gasteiger partial charge in [0.1, 0.15) is 0 Å². The Kier molecular flexibility index (Phi) is 1.47. The number of aromatic nitrogens is 1. The summed E-state index contributed by atoms with van der Waals surface area (Å²) in [5.41, 5.74) is 1.76. The van der Waals surface area contributed by atoms with E-state index in [4.69, 9.17) is 0 Å². The van der Waals surface area contributed by atoms with Crippen molar-refractivity contribution in [2.45, 2.75) is 6.92 Å². The van der Waals surface area contributed by atoms with Gasteiger partial charge in [-0.15, -0.1) is 0 Å². The van der Waals surface area contributed by atoms with Crippen LogP contribution in [0.25, 0.3) is 5.52 Å². The lowest BCUT2D eigenvalue weighted by Gasteiger charge is -1.94. The highest BCUT2D eigenvalue weighted by atomic mass is 16.1. The first-order valence-electron chi connectivity index (χ1n) is 3.85. The van der Waals surface area contributed by atoms with Crippen LogP contribution in [-0.2, 0) is 0 Å². The molecule has 0 unspecified atom stereocenters. The summed E-state index contributed by atoms with van der Waals surface area (Å²) < 4.78 is 1.94. The number of hydrogen-bond donors (Lipinski definition) is 0. The number of pyridine rings is 1. The fraction of sp³-hybridized carbons (Fsp3) is 0.100. The minimum Gasteiger partial charge on any atom is -0.323 e. The highest BCUT2D eigenvalue weighted by molar-refractivity contribution is 6.00. The van der Waals surface area contributed by atoms with Crippen molar-refractivity contribution in [1.29, 1.82) is 0 Å². The molecule has 2 rings (SSSR count). The first kappa shape index (κ1) is 7.10. The smallest absolute Gasteiger partial charge is 0.161 e. The molecule has 0 N–H and O–H groups in total. The summed E-state index contributed by atoms with van der Waals surface area (Å²) >= 11 is 0. The zero-order chi connectivity index (χ0) is 8.55. The predicted molar refractivity (Wildman–Crippen MR) is 47.4 cm³/mol. The van der Waals surface area contributed by atoms with Crippen LogP contribution in [0.15, 0.2) is 36.7 Å². The van der Waals surface area contributed by atoms with E-state index in [0.717, 1.165) is 11.1 Å². The number of carbonyl (C=O) groups is 1. The summed E-state index contributed by atoms with van der Waals surface area (Å²) in [5, 5.41) is 0. The molecule has 2 aromatic rings. The normalized spacial score (nSPS) is 10.4. The molecule has 2 nitrogen and oxygen atoms in total. The number of rotatable bonds is 1. The quantitative estimate of drug-likeness (QED) is 0.584. The van der Waals surface area contributed by atoms with Crippen LogP contribution in [-0.4, -0.2) is 10.2 Å². The van der Waals surface area contributed by atoms with E-state index in [1.54, 1.807) is 6.92 Å². The molecule has 0 fully saturated rings. The highest BCUT2D eigenvalue weighted by Crippen LogP contribution is 2.12. The van der Waals surface area contributed by atoms with Crippen LogP contribution in [0.1, 0.15) is 17.3 Å². The van der Waals surface area contributed by atoms with E-state index >= 15 is 0 Å². The third-order valence-electron chi connectivity index (χ3n) is 1.95. The van der Waals surface area contributed by atoms with Crippen molar-refractivity contribution in [1.82, 2.24) is 4.40 Å². The molecule has 0 radical (unpaired) electrons. The highest BCUT2D eigenvalue weighted by Gasteiger charge is 2.04. The minimum atomic E-state index is 0.115. The number of fused-ring (bicyclic) bond motifs is 1. The molecule has 60 valence electrons. The standard InChI is InChI=1S/C10H9NO/c1-8(12)9-5-7-11-6-3-2-4-10(9)11/h2-7H,1H3. The fourth-order valence-electron chi connectivity index (χ4n) is 1.35. The van der Waals surface area contributed by atoms with Crippen LogP contribution in [0.5, 0.6) is 0 Å². The largest absolute Gasteiger partial charge is 0.323 e. The molecule has 12 heavy (non-hydrogen) atoms. The first-order chi connectivity index (χ1) is 5.79. The van der Waals surface area contributed by atoms with Crippen molar-refractivity contribution in [2.24, 2.45) is 0 Å².